The number of nitrogens with zero attached hydrogens (tertiary/aromatic N) is 1. The van der Waals surface area contributed by atoms with Crippen molar-refractivity contribution in [3.8, 4) is 6.07 Å². The summed E-state index contributed by atoms with van der Waals surface area (Å²) in [6, 6.07) is 2.42. The third kappa shape index (κ3) is 3.34. The zero-order valence-electron chi connectivity index (χ0n) is 13.0. The van der Waals surface area contributed by atoms with Gasteiger partial charge in [-0.05, 0) is 31.1 Å². The van der Waals surface area contributed by atoms with E-state index in [1.165, 1.54) is 19.3 Å². The van der Waals surface area contributed by atoms with Crippen molar-refractivity contribution in [3.05, 3.63) is 0 Å². The van der Waals surface area contributed by atoms with Crippen LogP contribution in [0, 0.1) is 22.7 Å². The zero-order chi connectivity index (χ0) is 14.6. The van der Waals surface area contributed by atoms with Crippen LogP contribution >= 0.6 is 0 Å². The van der Waals surface area contributed by atoms with Crippen molar-refractivity contribution in [1.29, 1.82) is 5.26 Å². The van der Waals surface area contributed by atoms with E-state index in [1.54, 1.807) is 0 Å². The highest BCUT2D eigenvalue weighted by Crippen LogP contribution is 2.41. The van der Waals surface area contributed by atoms with Crippen molar-refractivity contribution in [1.82, 2.24) is 5.32 Å². The van der Waals surface area contributed by atoms with Gasteiger partial charge in [0.1, 0.15) is 5.54 Å². The second kappa shape index (κ2) is 6.16. The van der Waals surface area contributed by atoms with Gasteiger partial charge in [0.2, 0.25) is 5.91 Å². The minimum Gasteiger partial charge on any atom is -0.338 e. The predicted octanol–water partition coefficient (Wildman–Crippen LogP) is 3.94. The Morgan fingerprint density at radius 3 is 2.20 bits per heavy atom. The number of rotatable bonds is 2. The van der Waals surface area contributed by atoms with Crippen LogP contribution in [-0.4, -0.2) is 11.4 Å². The molecule has 0 aromatic heterocycles. The van der Waals surface area contributed by atoms with E-state index < -0.39 is 5.54 Å². The van der Waals surface area contributed by atoms with E-state index in [9.17, 15) is 10.1 Å². The maximum absolute atomic E-state index is 12.7. The molecule has 0 bridgehead atoms. The van der Waals surface area contributed by atoms with Gasteiger partial charge >= 0.3 is 0 Å². The molecule has 2 saturated carbocycles. The molecule has 1 atom stereocenters. The summed E-state index contributed by atoms with van der Waals surface area (Å²) in [6.45, 7) is 4.39. The molecule has 1 amide bonds. The van der Waals surface area contributed by atoms with Crippen LogP contribution in [0.25, 0.3) is 0 Å². The monoisotopic (exact) mass is 276 g/mol. The van der Waals surface area contributed by atoms with Gasteiger partial charge in [-0.3, -0.25) is 4.79 Å². The first-order chi connectivity index (χ1) is 9.49. The van der Waals surface area contributed by atoms with Gasteiger partial charge in [0.05, 0.1) is 6.07 Å². The van der Waals surface area contributed by atoms with E-state index in [1.807, 2.05) is 0 Å². The Labute approximate surface area is 123 Å². The van der Waals surface area contributed by atoms with Crippen molar-refractivity contribution in [2.75, 3.05) is 0 Å². The van der Waals surface area contributed by atoms with Gasteiger partial charge in [-0.1, -0.05) is 52.4 Å². The Hall–Kier alpha value is -1.04. The minimum atomic E-state index is -0.596. The third-order valence-corrected chi connectivity index (χ3v) is 5.36. The number of nitrogens with one attached hydrogen (secondary N) is 1. The van der Waals surface area contributed by atoms with E-state index in [0.717, 1.165) is 44.9 Å². The quantitative estimate of drug-likeness (QED) is 0.777. The van der Waals surface area contributed by atoms with Gasteiger partial charge in [-0.25, -0.2) is 0 Å². The second-order valence-electron chi connectivity index (χ2n) is 7.38. The van der Waals surface area contributed by atoms with E-state index >= 15 is 0 Å². The Kier molecular flexibility index (Phi) is 4.73. The van der Waals surface area contributed by atoms with E-state index in [2.05, 4.69) is 25.2 Å². The number of hydrogen-bond acceptors (Lipinski definition) is 2. The lowest BCUT2D eigenvalue weighted by Crippen LogP contribution is -2.52. The number of carbonyl (C=O) groups excluding carboxylic acids is 1. The van der Waals surface area contributed by atoms with Gasteiger partial charge in [-0.2, -0.15) is 5.26 Å². The maximum Gasteiger partial charge on any atom is 0.224 e. The van der Waals surface area contributed by atoms with Gasteiger partial charge < -0.3 is 5.32 Å². The first kappa shape index (κ1) is 15.4. The largest absolute Gasteiger partial charge is 0.338 e. The lowest BCUT2D eigenvalue weighted by molar-refractivity contribution is -0.131. The molecule has 1 N–H and O–H groups in total. The molecule has 2 fully saturated rings. The second-order valence-corrected chi connectivity index (χ2v) is 7.38. The molecule has 0 spiro atoms. The summed E-state index contributed by atoms with van der Waals surface area (Å²) in [5.74, 6) is 0.197. The number of carbonyl (C=O) groups is 1. The highest BCUT2D eigenvalue weighted by molar-refractivity contribution is 5.80. The van der Waals surface area contributed by atoms with Crippen LogP contribution in [0.4, 0.5) is 0 Å². The maximum atomic E-state index is 12.7. The van der Waals surface area contributed by atoms with Crippen molar-refractivity contribution in [3.63, 3.8) is 0 Å². The Balaban J connectivity index is 2.07. The molecule has 0 heterocycles. The standard InChI is InChI=1S/C17H28N2O/c1-16(2)10-8-5-9-14(16)15(20)19-17(13-18)11-6-3-4-7-12-17/h14H,3-12H2,1-2H3,(H,19,20). The Morgan fingerprint density at radius 2 is 1.65 bits per heavy atom. The molecule has 2 rings (SSSR count). The summed E-state index contributed by atoms with van der Waals surface area (Å²) in [4.78, 5) is 12.7. The van der Waals surface area contributed by atoms with Crippen molar-refractivity contribution < 1.29 is 4.79 Å². The number of hydrogen-bond donors (Lipinski definition) is 1. The molecule has 0 aromatic rings. The Bertz CT molecular complexity index is 386. The van der Waals surface area contributed by atoms with Crippen LogP contribution in [0.15, 0.2) is 0 Å². The van der Waals surface area contributed by atoms with Crippen LogP contribution in [-0.2, 0) is 4.79 Å². The van der Waals surface area contributed by atoms with Gasteiger partial charge in [0, 0.05) is 5.92 Å². The summed E-state index contributed by atoms with van der Waals surface area (Å²) in [5, 5.41) is 12.7. The van der Waals surface area contributed by atoms with Crippen molar-refractivity contribution in [2.45, 2.75) is 83.6 Å². The van der Waals surface area contributed by atoms with Crippen molar-refractivity contribution in [2.24, 2.45) is 11.3 Å². The molecule has 20 heavy (non-hydrogen) atoms. The fourth-order valence-corrected chi connectivity index (χ4v) is 3.90. The molecule has 1 unspecified atom stereocenters. The topological polar surface area (TPSA) is 52.9 Å². The van der Waals surface area contributed by atoms with Crippen LogP contribution in [0.5, 0.6) is 0 Å². The fraction of sp³-hybridized carbons (Fsp3) is 0.882. The summed E-state index contributed by atoms with van der Waals surface area (Å²) in [7, 11) is 0. The molecular formula is C17H28N2O. The Morgan fingerprint density at radius 1 is 1.05 bits per heavy atom. The van der Waals surface area contributed by atoms with Gasteiger partial charge in [0.25, 0.3) is 0 Å². The van der Waals surface area contributed by atoms with E-state index in [4.69, 9.17) is 0 Å². The van der Waals surface area contributed by atoms with Gasteiger partial charge in [0.15, 0.2) is 0 Å². The molecule has 2 aliphatic rings. The average Bonchev–Trinajstić information content (AvgIpc) is 2.64. The van der Waals surface area contributed by atoms with Gasteiger partial charge in [-0.15, -0.1) is 0 Å². The SMILES string of the molecule is CC1(C)CCCCC1C(=O)NC1(C#N)CCCCCC1. The molecule has 2 aliphatic carbocycles. The van der Waals surface area contributed by atoms with Crippen molar-refractivity contribution >= 4 is 5.91 Å². The average molecular weight is 276 g/mol. The molecule has 0 radical (unpaired) electrons. The highest BCUT2D eigenvalue weighted by Gasteiger charge is 2.41. The third-order valence-electron chi connectivity index (χ3n) is 5.36. The molecule has 3 heteroatoms. The van der Waals surface area contributed by atoms with Crippen LogP contribution in [0.3, 0.4) is 0 Å². The van der Waals surface area contributed by atoms with E-state index in [-0.39, 0.29) is 17.2 Å². The van der Waals surface area contributed by atoms with Crippen LogP contribution in [0.2, 0.25) is 0 Å². The molecule has 0 aromatic carbocycles. The fourth-order valence-electron chi connectivity index (χ4n) is 3.90. The number of amides is 1. The predicted molar refractivity (Wildman–Crippen MR) is 79.9 cm³/mol. The van der Waals surface area contributed by atoms with Crippen LogP contribution < -0.4 is 5.32 Å². The molecule has 0 aliphatic heterocycles. The first-order valence-corrected chi connectivity index (χ1v) is 8.22. The number of nitriles is 1. The summed E-state index contributed by atoms with van der Waals surface area (Å²) >= 11 is 0. The molecule has 0 saturated heterocycles. The summed E-state index contributed by atoms with van der Waals surface area (Å²) in [5.41, 5.74) is -0.523. The lowest BCUT2D eigenvalue weighted by Gasteiger charge is -2.39. The lowest BCUT2D eigenvalue weighted by atomic mass is 9.68. The van der Waals surface area contributed by atoms with E-state index in [0.29, 0.717) is 0 Å². The normalized spacial score (nSPS) is 28.9. The summed E-state index contributed by atoms with van der Waals surface area (Å²) < 4.78 is 0. The first-order valence-electron chi connectivity index (χ1n) is 8.22. The molecule has 112 valence electrons. The highest BCUT2D eigenvalue weighted by atomic mass is 16.2. The smallest absolute Gasteiger partial charge is 0.224 e. The minimum absolute atomic E-state index is 0.0731. The molecular weight excluding hydrogens is 248 g/mol. The zero-order valence-corrected chi connectivity index (χ0v) is 13.0. The summed E-state index contributed by atoms with van der Waals surface area (Å²) in [6.07, 6.45) is 10.6. The molecule has 3 nitrogen and oxygen atoms in total. The van der Waals surface area contributed by atoms with Crippen LogP contribution in [0.1, 0.15) is 78.1 Å².